The van der Waals surface area contributed by atoms with E-state index in [1.807, 2.05) is 0 Å². The number of ether oxygens (including phenoxy) is 1. The lowest BCUT2D eigenvalue weighted by Gasteiger charge is -2.13. The Balaban J connectivity index is 1.95. The maximum atomic E-state index is 6.12. The van der Waals surface area contributed by atoms with Gasteiger partial charge in [0.1, 0.15) is 0 Å². The molecule has 0 bridgehead atoms. The summed E-state index contributed by atoms with van der Waals surface area (Å²) >= 11 is 0. The molecule has 0 aromatic carbocycles. The monoisotopic (exact) mass is 240 g/mol. The van der Waals surface area contributed by atoms with Gasteiger partial charge >= 0.3 is 0 Å². The zero-order valence-corrected chi connectivity index (χ0v) is 12.0. The van der Waals surface area contributed by atoms with Crippen LogP contribution in [0.25, 0.3) is 0 Å². The van der Waals surface area contributed by atoms with E-state index in [2.05, 4.69) is 13.8 Å². The van der Waals surface area contributed by atoms with Crippen molar-refractivity contribution in [3.8, 4) is 0 Å². The Bertz CT molecular complexity index is 149. The van der Waals surface area contributed by atoms with Crippen LogP contribution in [0.15, 0.2) is 0 Å². The quantitative estimate of drug-likeness (QED) is 0.460. The lowest BCUT2D eigenvalue weighted by molar-refractivity contribution is 0.0335. The lowest BCUT2D eigenvalue weighted by Crippen LogP contribution is -2.10. The molecule has 0 aromatic rings. The van der Waals surface area contributed by atoms with Crippen LogP contribution in [0, 0.1) is 0 Å². The first-order chi connectivity index (χ1) is 8.36. The second-order valence-electron chi connectivity index (χ2n) is 5.66. The maximum absolute atomic E-state index is 6.12. The largest absolute Gasteiger partial charge is 0.375 e. The van der Waals surface area contributed by atoms with Crippen molar-refractivity contribution in [2.75, 3.05) is 0 Å². The normalized spacial score (nSPS) is 24.4. The SMILES string of the molecule is CCCCCCC1CCC(CCCCCC)O1. The second-order valence-corrected chi connectivity index (χ2v) is 5.66. The maximum Gasteiger partial charge on any atom is 0.0579 e. The number of rotatable bonds is 10. The van der Waals surface area contributed by atoms with E-state index in [-0.39, 0.29) is 0 Å². The fraction of sp³-hybridized carbons (Fsp3) is 1.00. The van der Waals surface area contributed by atoms with Crippen LogP contribution >= 0.6 is 0 Å². The van der Waals surface area contributed by atoms with E-state index in [0.717, 1.165) is 0 Å². The van der Waals surface area contributed by atoms with Gasteiger partial charge in [-0.2, -0.15) is 0 Å². The van der Waals surface area contributed by atoms with Gasteiger partial charge < -0.3 is 4.74 Å². The van der Waals surface area contributed by atoms with Crippen LogP contribution in [0.5, 0.6) is 0 Å². The molecule has 2 atom stereocenters. The molecule has 1 heterocycles. The third-order valence-electron chi connectivity index (χ3n) is 3.95. The molecule has 0 spiro atoms. The number of unbranched alkanes of at least 4 members (excludes halogenated alkanes) is 6. The molecule has 1 nitrogen and oxygen atoms in total. The molecule has 1 fully saturated rings. The minimum absolute atomic E-state index is 0.600. The van der Waals surface area contributed by atoms with E-state index >= 15 is 0 Å². The molecule has 17 heavy (non-hydrogen) atoms. The molecule has 1 rings (SSSR count). The molecule has 0 amide bonds. The van der Waals surface area contributed by atoms with Crippen molar-refractivity contribution in [3.05, 3.63) is 0 Å². The van der Waals surface area contributed by atoms with Gasteiger partial charge in [0.2, 0.25) is 0 Å². The predicted octanol–water partition coefficient (Wildman–Crippen LogP) is 5.47. The summed E-state index contributed by atoms with van der Waals surface area (Å²) < 4.78 is 6.12. The Labute approximate surface area is 108 Å². The second kappa shape index (κ2) is 9.94. The third kappa shape index (κ3) is 7.08. The molecule has 0 radical (unpaired) electrons. The summed E-state index contributed by atoms with van der Waals surface area (Å²) in [5.41, 5.74) is 0. The fourth-order valence-electron chi connectivity index (χ4n) is 2.80. The molecule has 2 unspecified atom stereocenters. The number of hydrogen-bond donors (Lipinski definition) is 0. The van der Waals surface area contributed by atoms with Crippen LogP contribution in [-0.2, 0) is 4.74 Å². The van der Waals surface area contributed by atoms with E-state index in [0.29, 0.717) is 12.2 Å². The van der Waals surface area contributed by atoms with Gasteiger partial charge in [-0.1, -0.05) is 65.2 Å². The van der Waals surface area contributed by atoms with Gasteiger partial charge in [0.15, 0.2) is 0 Å². The molecule has 1 heteroatoms. The van der Waals surface area contributed by atoms with E-state index in [4.69, 9.17) is 4.74 Å². The van der Waals surface area contributed by atoms with Crippen LogP contribution in [0.3, 0.4) is 0 Å². The van der Waals surface area contributed by atoms with E-state index < -0.39 is 0 Å². The van der Waals surface area contributed by atoms with Gasteiger partial charge in [0, 0.05) is 0 Å². The first kappa shape index (κ1) is 15.0. The van der Waals surface area contributed by atoms with Gasteiger partial charge in [-0.05, 0) is 25.7 Å². The minimum atomic E-state index is 0.600. The average Bonchev–Trinajstić information content (AvgIpc) is 2.78. The third-order valence-corrected chi connectivity index (χ3v) is 3.95. The van der Waals surface area contributed by atoms with Crippen molar-refractivity contribution in [3.63, 3.8) is 0 Å². The molecular weight excluding hydrogens is 208 g/mol. The summed E-state index contributed by atoms with van der Waals surface area (Å²) in [4.78, 5) is 0. The minimum Gasteiger partial charge on any atom is -0.375 e. The van der Waals surface area contributed by atoms with Gasteiger partial charge in [0.05, 0.1) is 12.2 Å². The highest BCUT2D eigenvalue weighted by Crippen LogP contribution is 2.27. The van der Waals surface area contributed by atoms with Crippen molar-refractivity contribution in [2.45, 2.75) is 103 Å². The standard InChI is InChI=1S/C16H32O/c1-3-5-7-9-11-15-13-14-16(17-15)12-10-8-6-4-2/h15-16H,3-14H2,1-2H3. The molecule has 0 aromatic heterocycles. The van der Waals surface area contributed by atoms with E-state index in [9.17, 15) is 0 Å². The Kier molecular flexibility index (Phi) is 8.78. The lowest BCUT2D eigenvalue weighted by atomic mass is 10.0. The molecule has 0 saturated carbocycles. The molecule has 0 aliphatic carbocycles. The molecule has 1 aliphatic rings. The highest BCUT2D eigenvalue weighted by molar-refractivity contribution is 4.73. The van der Waals surface area contributed by atoms with E-state index in [1.165, 1.54) is 77.0 Å². The zero-order valence-electron chi connectivity index (χ0n) is 12.0. The van der Waals surface area contributed by atoms with Gasteiger partial charge in [-0.15, -0.1) is 0 Å². The van der Waals surface area contributed by atoms with Crippen LogP contribution in [0.1, 0.15) is 90.9 Å². The van der Waals surface area contributed by atoms with Crippen molar-refractivity contribution in [2.24, 2.45) is 0 Å². The van der Waals surface area contributed by atoms with Gasteiger partial charge in [-0.3, -0.25) is 0 Å². The molecular formula is C16H32O. The molecule has 1 saturated heterocycles. The van der Waals surface area contributed by atoms with E-state index in [1.54, 1.807) is 0 Å². The summed E-state index contributed by atoms with van der Waals surface area (Å²) in [5.74, 6) is 0. The first-order valence-corrected chi connectivity index (χ1v) is 8.02. The number of hydrogen-bond acceptors (Lipinski definition) is 1. The molecule has 1 aliphatic heterocycles. The summed E-state index contributed by atoms with van der Waals surface area (Å²) in [5, 5.41) is 0. The first-order valence-electron chi connectivity index (χ1n) is 8.02. The summed E-state index contributed by atoms with van der Waals surface area (Å²) in [6.07, 6.45) is 17.5. The van der Waals surface area contributed by atoms with Crippen LogP contribution in [-0.4, -0.2) is 12.2 Å². The Hall–Kier alpha value is -0.0400. The van der Waals surface area contributed by atoms with Gasteiger partial charge in [-0.25, -0.2) is 0 Å². The topological polar surface area (TPSA) is 9.23 Å². The summed E-state index contributed by atoms with van der Waals surface area (Å²) in [7, 11) is 0. The highest BCUT2D eigenvalue weighted by atomic mass is 16.5. The average molecular weight is 240 g/mol. The summed E-state index contributed by atoms with van der Waals surface area (Å²) in [6.45, 7) is 4.55. The summed E-state index contributed by atoms with van der Waals surface area (Å²) in [6, 6.07) is 0. The van der Waals surface area contributed by atoms with Crippen LogP contribution < -0.4 is 0 Å². The van der Waals surface area contributed by atoms with Crippen molar-refractivity contribution in [1.82, 2.24) is 0 Å². The Morgan fingerprint density at radius 3 is 1.59 bits per heavy atom. The molecule has 102 valence electrons. The smallest absolute Gasteiger partial charge is 0.0579 e. The molecule has 0 N–H and O–H groups in total. The van der Waals surface area contributed by atoms with Crippen molar-refractivity contribution in [1.29, 1.82) is 0 Å². The van der Waals surface area contributed by atoms with Crippen LogP contribution in [0.4, 0.5) is 0 Å². The Morgan fingerprint density at radius 1 is 0.706 bits per heavy atom. The zero-order chi connectivity index (χ0) is 12.3. The fourth-order valence-corrected chi connectivity index (χ4v) is 2.80. The van der Waals surface area contributed by atoms with Gasteiger partial charge in [0.25, 0.3) is 0 Å². The van der Waals surface area contributed by atoms with Crippen molar-refractivity contribution >= 4 is 0 Å². The predicted molar refractivity (Wildman–Crippen MR) is 75.4 cm³/mol. The van der Waals surface area contributed by atoms with Crippen LogP contribution in [0.2, 0.25) is 0 Å². The Morgan fingerprint density at radius 2 is 1.18 bits per heavy atom. The highest BCUT2D eigenvalue weighted by Gasteiger charge is 2.23. The van der Waals surface area contributed by atoms with Crippen molar-refractivity contribution < 1.29 is 4.74 Å².